The zero-order valence-electron chi connectivity index (χ0n) is 9.93. The number of ether oxygens (including phenoxy) is 1. The average Bonchev–Trinajstić information content (AvgIpc) is 2.31. The zero-order chi connectivity index (χ0) is 11.8. The van der Waals surface area contributed by atoms with Gasteiger partial charge in [0.05, 0.1) is 12.7 Å². The summed E-state index contributed by atoms with van der Waals surface area (Å²) in [7, 11) is 0. The van der Waals surface area contributed by atoms with Gasteiger partial charge in [-0.25, -0.2) is 0 Å². The zero-order valence-corrected chi connectivity index (χ0v) is 9.93. The lowest BCUT2D eigenvalue weighted by atomic mass is 10.0. The van der Waals surface area contributed by atoms with E-state index in [1.165, 1.54) is 5.56 Å². The van der Waals surface area contributed by atoms with Crippen molar-refractivity contribution in [3.63, 3.8) is 0 Å². The summed E-state index contributed by atoms with van der Waals surface area (Å²) >= 11 is 0. The highest BCUT2D eigenvalue weighted by Crippen LogP contribution is 2.15. The van der Waals surface area contributed by atoms with Crippen LogP contribution in [0.1, 0.15) is 18.9 Å². The molecule has 2 atom stereocenters. The third-order valence-electron chi connectivity index (χ3n) is 2.62. The largest absolute Gasteiger partial charge is 0.369 e. The fraction of sp³-hybridized carbons (Fsp3) is 0.333. The molecule has 0 heterocycles. The first kappa shape index (κ1) is 12.7. The van der Waals surface area contributed by atoms with Crippen molar-refractivity contribution in [2.45, 2.75) is 26.1 Å². The molecule has 1 nitrogen and oxygen atoms in total. The van der Waals surface area contributed by atoms with Gasteiger partial charge < -0.3 is 4.74 Å². The van der Waals surface area contributed by atoms with Crippen LogP contribution in [0, 0.1) is 5.92 Å². The monoisotopic (exact) mass is 216 g/mol. The molecule has 0 amide bonds. The van der Waals surface area contributed by atoms with E-state index in [-0.39, 0.29) is 6.10 Å². The van der Waals surface area contributed by atoms with Crippen LogP contribution in [0.5, 0.6) is 0 Å². The first-order valence-electron chi connectivity index (χ1n) is 5.67. The van der Waals surface area contributed by atoms with Crippen LogP contribution in [0.15, 0.2) is 55.6 Å². The van der Waals surface area contributed by atoms with E-state index in [2.05, 4.69) is 32.2 Å². The maximum Gasteiger partial charge on any atom is 0.0786 e. The molecule has 0 aromatic heterocycles. The Hall–Kier alpha value is -1.34. The van der Waals surface area contributed by atoms with Crippen molar-refractivity contribution in [3.8, 4) is 0 Å². The molecule has 0 aliphatic heterocycles. The summed E-state index contributed by atoms with van der Waals surface area (Å²) < 4.78 is 5.83. The van der Waals surface area contributed by atoms with Gasteiger partial charge in [0.2, 0.25) is 0 Å². The van der Waals surface area contributed by atoms with Gasteiger partial charge in [-0.05, 0) is 17.9 Å². The van der Waals surface area contributed by atoms with Crippen LogP contribution >= 0.6 is 0 Å². The summed E-state index contributed by atoms with van der Waals surface area (Å²) in [6, 6.07) is 10.2. The molecule has 2 unspecified atom stereocenters. The number of hydrogen-bond donors (Lipinski definition) is 0. The first-order chi connectivity index (χ1) is 7.77. The first-order valence-corrected chi connectivity index (χ1v) is 5.67. The van der Waals surface area contributed by atoms with Crippen molar-refractivity contribution in [2.75, 3.05) is 0 Å². The molecule has 0 N–H and O–H groups in total. The average molecular weight is 216 g/mol. The van der Waals surface area contributed by atoms with Crippen LogP contribution in [0.3, 0.4) is 0 Å². The highest BCUT2D eigenvalue weighted by molar-refractivity contribution is 5.13. The minimum atomic E-state index is 0.0956. The van der Waals surface area contributed by atoms with Crippen LogP contribution in [-0.2, 0) is 11.3 Å². The number of rotatable bonds is 7. The van der Waals surface area contributed by atoms with E-state index in [1.54, 1.807) is 0 Å². The normalized spacial score (nSPS) is 14.1. The molecule has 1 rings (SSSR count). The van der Waals surface area contributed by atoms with Crippen LogP contribution in [0.25, 0.3) is 0 Å². The van der Waals surface area contributed by atoms with Gasteiger partial charge in [0.15, 0.2) is 0 Å². The predicted molar refractivity (Wildman–Crippen MR) is 69.2 cm³/mol. The standard InChI is InChI=1S/C15H20O/c1-4-9-13(3)15(5-2)16-12-14-10-7-6-8-11-14/h4-8,10-11,13,15H,1-2,9,12H2,3H3. The van der Waals surface area contributed by atoms with Crippen molar-refractivity contribution in [1.29, 1.82) is 0 Å². The Balaban J connectivity index is 2.45. The summed E-state index contributed by atoms with van der Waals surface area (Å²) in [4.78, 5) is 0. The summed E-state index contributed by atoms with van der Waals surface area (Å²) in [5.74, 6) is 0.429. The topological polar surface area (TPSA) is 9.23 Å². The molecule has 16 heavy (non-hydrogen) atoms. The molecule has 1 aromatic carbocycles. The Morgan fingerprint density at radius 3 is 2.50 bits per heavy atom. The summed E-state index contributed by atoms with van der Waals surface area (Å²) in [6.45, 7) is 10.4. The lowest BCUT2D eigenvalue weighted by Gasteiger charge is -2.20. The molecular formula is C15H20O. The highest BCUT2D eigenvalue weighted by Gasteiger charge is 2.12. The third kappa shape index (κ3) is 4.03. The number of benzene rings is 1. The van der Waals surface area contributed by atoms with Crippen LogP contribution in [0.2, 0.25) is 0 Å². The van der Waals surface area contributed by atoms with E-state index in [4.69, 9.17) is 4.74 Å². The van der Waals surface area contributed by atoms with Crippen molar-refractivity contribution in [2.24, 2.45) is 5.92 Å². The molecule has 0 spiro atoms. The molecule has 1 heteroatoms. The van der Waals surface area contributed by atoms with Crippen LogP contribution in [0.4, 0.5) is 0 Å². The molecule has 0 fully saturated rings. The fourth-order valence-electron chi connectivity index (χ4n) is 1.63. The van der Waals surface area contributed by atoms with Crippen LogP contribution in [-0.4, -0.2) is 6.10 Å². The van der Waals surface area contributed by atoms with Gasteiger partial charge in [-0.1, -0.05) is 49.4 Å². The lowest BCUT2D eigenvalue weighted by Crippen LogP contribution is -2.18. The van der Waals surface area contributed by atoms with E-state index in [0.29, 0.717) is 12.5 Å². The van der Waals surface area contributed by atoms with E-state index in [0.717, 1.165) is 6.42 Å². The Labute approximate surface area is 98.5 Å². The Bertz CT molecular complexity index is 315. The molecule has 0 radical (unpaired) electrons. The Morgan fingerprint density at radius 2 is 1.94 bits per heavy atom. The van der Waals surface area contributed by atoms with Crippen LogP contribution < -0.4 is 0 Å². The summed E-state index contributed by atoms with van der Waals surface area (Å²) in [5.41, 5.74) is 1.19. The number of allylic oxidation sites excluding steroid dienone is 1. The van der Waals surface area contributed by atoms with Crippen molar-refractivity contribution < 1.29 is 4.74 Å². The maximum absolute atomic E-state index is 5.83. The SMILES string of the molecule is C=CCC(C)C(C=C)OCc1ccccc1. The van der Waals surface area contributed by atoms with E-state index >= 15 is 0 Å². The minimum absolute atomic E-state index is 0.0956. The molecule has 0 aliphatic rings. The Morgan fingerprint density at radius 1 is 1.25 bits per heavy atom. The molecular weight excluding hydrogens is 196 g/mol. The second-order valence-electron chi connectivity index (χ2n) is 4.00. The van der Waals surface area contributed by atoms with Gasteiger partial charge in [-0.3, -0.25) is 0 Å². The smallest absolute Gasteiger partial charge is 0.0786 e. The molecule has 0 aliphatic carbocycles. The summed E-state index contributed by atoms with van der Waals surface area (Å²) in [5, 5.41) is 0. The van der Waals surface area contributed by atoms with E-state index < -0.39 is 0 Å². The van der Waals surface area contributed by atoms with Crippen molar-refractivity contribution >= 4 is 0 Å². The molecule has 0 bridgehead atoms. The van der Waals surface area contributed by atoms with E-state index in [1.807, 2.05) is 30.4 Å². The molecule has 1 aromatic rings. The minimum Gasteiger partial charge on any atom is -0.369 e. The second kappa shape index (κ2) is 7.02. The molecule has 86 valence electrons. The van der Waals surface area contributed by atoms with Gasteiger partial charge in [0.25, 0.3) is 0 Å². The van der Waals surface area contributed by atoms with Crippen molar-refractivity contribution in [3.05, 3.63) is 61.2 Å². The summed E-state index contributed by atoms with van der Waals surface area (Å²) in [6.07, 6.45) is 4.84. The maximum atomic E-state index is 5.83. The van der Waals surface area contributed by atoms with Gasteiger partial charge in [-0.2, -0.15) is 0 Å². The lowest BCUT2D eigenvalue weighted by molar-refractivity contribution is 0.0389. The second-order valence-corrected chi connectivity index (χ2v) is 4.00. The molecule has 0 saturated carbocycles. The fourth-order valence-corrected chi connectivity index (χ4v) is 1.63. The quantitative estimate of drug-likeness (QED) is 0.627. The third-order valence-corrected chi connectivity index (χ3v) is 2.62. The predicted octanol–water partition coefficient (Wildman–Crippen LogP) is 3.97. The van der Waals surface area contributed by atoms with Gasteiger partial charge in [-0.15, -0.1) is 13.2 Å². The number of hydrogen-bond acceptors (Lipinski definition) is 1. The van der Waals surface area contributed by atoms with Gasteiger partial charge in [0, 0.05) is 0 Å². The van der Waals surface area contributed by atoms with Gasteiger partial charge >= 0.3 is 0 Å². The Kier molecular flexibility index (Phi) is 5.58. The van der Waals surface area contributed by atoms with E-state index in [9.17, 15) is 0 Å². The van der Waals surface area contributed by atoms with Crippen molar-refractivity contribution in [1.82, 2.24) is 0 Å². The van der Waals surface area contributed by atoms with Gasteiger partial charge in [0.1, 0.15) is 0 Å². The molecule has 0 saturated heterocycles. The highest BCUT2D eigenvalue weighted by atomic mass is 16.5.